The van der Waals surface area contributed by atoms with Gasteiger partial charge in [-0.15, -0.1) is 0 Å². The SMILES string of the molecule is C[CH]C[C@@H](C)Nc1ccnc2cc(Cl)ccc12. The Morgan fingerprint density at radius 2 is 2.24 bits per heavy atom. The monoisotopic (exact) mass is 247 g/mol. The molecule has 0 aliphatic rings. The average Bonchev–Trinajstić information content (AvgIpc) is 2.29. The van der Waals surface area contributed by atoms with Crippen molar-refractivity contribution in [3.05, 3.63) is 41.9 Å². The fourth-order valence-electron chi connectivity index (χ4n) is 1.93. The third-order valence-corrected chi connectivity index (χ3v) is 2.93. The van der Waals surface area contributed by atoms with Crippen molar-refractivity contribution in [2.24, 2.45) is 0 Å². The van der Waals surface area contributed by atoms with Gasteiger partial charge in [-0.1, -0.05) is 18.5 Å². The van der Waals surface area contributed by atoms with Crippen molar-refractivity contribution in [2.45, 2.75) is 26.3 Å². The van der Waals surface area contributed by atoms with Crippen molar-refractivity contribution in [2.75, 3.05) is 5.32 Å². The number of halogens is 1. The maximum absolute atomic E-state index is 5.96. The minimum atomic E-state index is 0.418. The Morgan fingerprint density at radius 3 is 3.00 bits per heavy atom. The van der Waals surface area contributed by atoms with E-state index in [0.717, 1.165) is 28.0 Å². The summed E-state index contributed by atoms with van der Waals surface area (Å²) in [5, 5.41) is 5.32. The van der Waals surface area contributed by atoms with Crippen molar-refractivity contribution >= 4 is 28.2 Å². The van der Waals surface area contributed by atoms with E-state index in [1.807, 2.05) is 30.5 Å². The van der Waals surface area contributed by atoms with Crippen LogP contribution in [0.15, 0.2) is 30.5 Å². The fourth-order valence-corrected chi connectivity index (χ4v) is 2.09. The van der Waals surface area contributed by atoms with E-state index in [4.69, 9.17) is 11.6 Å². The molecule has 0 unspecified atom stereocenters. The number of nitrogens with one attached hydrogen (secondary N) is 1. The molecule has 2 nitrogen and oxygen atoms in total. The fraction of sp³-hybridized carbons (Fsp3) is 0.286. The Hall–Kier alpha value is -1.28. The van der Waals surface area contributed by atoms with Gasteiger partial charge in [-0.2, -0.15) is 0 Å². The second kappa shape index (κ2) is 5.37. The smallest absolute Gasteiger partial charge is 0.0737 e. The molecule has 1 radical (unpaired) electrons. The van der Waals surface area contributed by atoms with E-state index in [1.165, 1.54) is 0 Å². The van der Waals surface area contributed by atoms with Crippen LogP contribution in [-0.4, -0.2) is 11.0 Å². The van der Waals surface area contributed by atoms with E-state index in [9.17, 15) is 0 Å². The first-order valence-electron chi connectivity index (χ1n) is 5.79. The van der Waals surface area contributed by atoms with Crippen LogP contribution in [0.3, 0.4) is 0 Å². The molecule has 2 rings (SSSR count). The quantitative estimate of drug-likeness (QED) is 0.871. The van der Waals surface area contributed by atoms with Crippen LogP contribution in [0, 0.1) is 6.42 Å². The molecule has 3 heteroatoms. The highest BCUT2D eigenvalue weighted by Crippen LogP contribution is 2.25. The molecule has 17 heavy (non-hydrogen) atoms. The first-order valence-corrected chi connectivity index (χ1v) is 6.17. The molecule has 0 aliphatic carbocycles. The summed E-state index contributed by atoms with van der Waals surface area (Å²) in [6, 6.07) is 8.21. The van der Waals surface area contributed by atoms with Crippen molar-refractivity contribution in [1.29, 1.82) is 0 Å². The zero-order chi connectivity index (χ0) is 12.3. The molecule has 0 bridgehead atoms. The van der Waals surface area contributed by atoms with Crippen molar-refractivity contribution in [1.82, 2.24) is 4.98 Å². The van der Waals surface area contributed by atoms with Crippen LogP contribution in [0.2, 0.25) is 5.02 Å². The van der Waals surface area contributed by atoms with E-state index in [1.54, 1.807) is 0 Å². The number of rotatable bonds is 4. The lowest BCUT2D eigenvalue weighted by molar-refractivity contribution is 0.779. The number of fused-ring (bicyclic) bond motifs is 1. The zero-order valence-corrected chi connectivity index (χ0v) is 10.8. The lowest BCUT2D eigenvalue weighted by atomic mass is 10.1. The molecule has 0 fully saturated rings. The van der Waals surface area contributed by atoms with Crippen LogP contribution in [0.25, 0.3) is 10.9 Å². The van der Waals surface area contributed by atoms with Gasteiger partial charge in [-0.25, -0.2) is 0 Å². The molecule has 0 amide bonds. The van der Waals surface area contributed by atoms with Crippen molar-refractivity contribution < 1.29 is 0 Å². The Kier molecular flexibility index (Phi) is 3.85. The van der Waals surface area contributed by atoms with Crippen LogP contribution in [0.1, 0.15) is 20.3 Å². The highest BCUT2D eigenvalue weighted by atomic mass is 35.5. The van der Waals surface area contributed by atoms with Gasteiger partial charge in [0.2, 0.25) is 0 Å². The van der Waals surface area contributed by atoms with Crippen LogP contribution in [0.4, 0.5) is 5.69 Å². The van der Waals surface area contributed by atoms with Crippen molar-refractivity contribution in [3.63, 3.8) is 0 Å². The average molecular weight is 248 g/mol. The van der Waals surface area contributed by atoms with E-state index in [0.29, 0.717) is 6.04 Å². The van der Waals surface area contributed by atoms with Gasteiger partial charge in [0.1, 0.15) is 0 Å². The summed E-state index contributed by atoms with van der Waals surface area (Å²) in [5.41, 5.74) is 2.04. The molecule has 1 aromatic heterocycles. The van der Waals surface area contributed by atoms with Gasteiger partial charge in [0.05, 0.1) is 5.52 Å². The summed E-state index contributed by atoms with van der Waals surface area (Å²) in [6.07, 6.45) is 5.01. The summed E-state index contributed by atoms with van der Waals surface area (Å²) >= 11 is 5.96. The Labute approximate surface area is 107 Å². The standard InChI is InChI=1S/C14H16ClN2/c1-3-4-10(2)17-13-7-8-16-14-9-11(15)5-6-12(13)14/h3,5-10H,4H2,1-2H3,(H,16,17)/t10-/m1/s1. The molecule has 1 aromatic carbocycles. The molecule has 89 valence electrons. The predicted octanol–water partition coefficient (Wildman–Crippen LogP) is 4.30. The van der Waals surface area contributed by atoms with Gasteiger partial charge in [-0.3, -0.25) is 4.98 Å². The zero-order valence-electron chi connectivity index (χ0n) is 10.1. The highest BCUT2D eigenvalue weighted by Gasteiger charge is 2.05. The Bertz CT molecular complexity index is 511. The van der Waals surface area contributed by atoms with Gasteiger partial charge < -0.3 is 5.32 Å². The van der Waals surface area contributed by atoms with E-state index in [-0.39, 0.29) is 0 Å². The number of anilines is 1. The molecular weight excluding hydrogens is 232 g/mol. The van der Waals surface area contributed by atoms with E-state index < -0.39 is 0 Å². The van der Waals surface area contributed by atoms with Gasteiger partial charge in [-0.05, 0) is 44.0 Å². The molecule has 0 saturated heterocycles. The Morgan fingerprint density at radius 1 is 1.41 bits per heavy atom. The predicted molar refractivity (Wildman–Crippen MR) is 74.4 cm³/mol. The third-order valence-electron chi connectivity index (χ3n) is 2.70. The number of hydrogen-bond donors (Lipinski definition) is 1. The minimum Gasteiger partial charge on any atom is -0.382 e. The summed E-state index contributed by atoms with van der Waals surface area (Å²) in [4.78, 5) is 4.32. The molecular formula is C14H16ClN2. The lowest BCUT2D eigenvalue weighted by Gasteiger charge is -2.15. The van der Waals surface area contributed by atoms with Crippen LogP contribution in [0.5, 0.6) is 0 Å². The summed E-state index contributed by atoms with van der Waals surface area (Å²) < 4.78 is 0. The van der Waals surface area contributed by atoms with Crippen LogP contribution in [-0.2, 0) is 0 Å². The number of pyridine rings is 1. The molecule has 1 atom stereocenters. The number of hydrogen-bond acceptors (Lipinski definition) is 2. The highest BCUT2D eigenvalue weighted by molar-refractivity contribution is 6.31. The molecule has 1 N–H and O–H groups in total. The molecule has 1 heterocycles. The summed E-state index contributed by atoms with van der Waals surface area (Å²) in [5.74, 6) is 0. The molecule has 0 aliphatic heterocycles. The van der Waals surface area contributed by atoms with E-state index in [2.05, 4.69) is 30.6 Å². The topological polar surface area (TPSA) is 24.9 Å². The second-order valence-corrected chi connectivity index (χ2v) is 4.65. The second-order valence-electron chi connectivity index (χ2n) is 4.21. The molecule has 0 saturated carbocycles. The number of nitrogens with zero attached hydrogens (tertiary/aromatic N) is 1. The molecule has 0 spiro atoms. The Balaban J connectivity index is 2.34. The van der Waals surface area contributed by atoms with Gasteiger partial charge in [0.15, 0.2) is 0 Å². The van der Waals surface area contributed by atoms with Gasteiger partial charge in [0, 0.05) is 28.3 Å². The summed E-state index contributed by atoms with van der Waals surface area (Å²) in [6.45, 7) is 4.24. The third kappa shape index (κ3) is 2.89. The first-order chi connectivity index (χ1) is 8.20. The largest absolute Gasteiger partial charge is 0.382 e. The maximum atomic E-state index is 5.96. The maximum Gasteiger partial charge on any atom is 0.0737 e. The summed E-state index contributed by atoms with van der Waals surface area (Å²) in [7, 11) is 0. The van der Waals surface area contributed by atoms with Crippen LogP contribution < -0.4 is 5.32 Å². The number of aromatic nitrogens is 1. The number of benzene rings is 1. The van der Waals surface area contributed by atoms with E-state index >= 15 is 0 Å². The van der Waals surface area contributed by atoms with Gasteiger partial charge >= 0.3 is 0 Å². The normalized spacial score (nSPS) is 12.6. The lowest BCUT2D eigenvalue weighted by Crippen LogP contribution is -2.14. The first kappa shape index (κ1) is 12.2. The minimum absolute atomic E-state index is 0.418. The van der Waals surface area contributed by atoms with Crippen LogP contribution >= 0.6 is 11.6 Å². The van der Waals surface area contributed by atoms with Gasteiger partial charge in [0.25, 0.3) is 0 Å². The molecule has 2 aromatic rings. The van der Waals surface area contributed by atoms with Crippen molar-refractivity contribution in [3.8, 4) is 0 Å².